The Hall–Kier alpha value is -0.130. The van der Waals surface area contributed by atoms with Crippen LogP contribution in [0.1, 0.15) is 39.5 Å². The highest BCUT2D eigenvalue weighted by Gasteiger charge is 2.30. The average Bonchev–Trinajstić information content (AvgIpc) is 2.74. The van der Waals surface area contributed by atoms with E-state index < -0.39 is 10.0 Å². The highest BCUT2D eigenvalue weighted by molar-refractivity contribution is 7.89. The molecule has 0 radical (unpaired) electrons. The van der Waals surface area contributed by atoms with Crippen molar-refractivity contribution in [1.29, 1.82) is 0 Å². The molecule has 1 unspecified atom stereocenters. The number of sulfonamides is 1. The molecule has 1 heterocycles. The average molecular weight is 262 g/mol. The molecule has 0 aromatic carbocycles. The molecule has 1 atom stereocenters. The van der Waals surface area contributed by atoms with Crippen LogP contribution in [0.5, 0.6) is 0 Å². The summed E-state index contributed by atoms with van der Waals surface area (Å²) in [6.45, 7) is 7.37. The van der Waals surface area contributed by atoms with Crippen molar-refractivity contribution in [3.05, 3.63) is 0 Å². The Kier molecular flexibility index (Phi) is 6.44. The van der Waals surface area contributed by atoms with Gasteiger partial charge in [0.25, 0.3) is 0 Å². The fourth-order valence-corrected chi connectivity index (χ4v) is 3.97. The van der Waals surface area contributed by atoms with Gasteiger partial charge in [-0.05, 0) is 38.3 Å². The maximum Gasteiger partial charge on any atom is 0.214 e. The lowest BCUT2D eigenvalue weighted by Gasteiger charge is -2.16. The molecule has 5 heteroatoms. The SMILES string of the molecule is CCCC1CCN(S(=O)(=O)CCCNCC)C1. The second-order valence-electron chi connectivity index (χ2n) is 4.82. The van der Waals surface area contributed by atoms with Gasteiger partial charge in [-0.15, -0.1) is 0 Å². The predicted octanol–water partition coefficient (Wildman–Crippen LogP) is 1.44. The van der Waals surface area contributed by atoms with Gasteiger partial charge in [0.05, 0.1) is 5.75 Å². The number of nitrogens with zero attached hydrogens (tertiary/aromatic N) is 1. The van der Waals surface area contributed by atoms with Crippen molar-refractivity contribution in [2.24, 2.45) is 5.92 Å². The van der Waals surface area contributed by atoms with Gasteiger partial charge in [-0.25, -0.2) is 12.7 Å². The molecule has 0 aliphatic carbocycles. The van der Waals surface area contributed by atoms with Gasteiger partial charge in [0.1, 0.15) is 0 Å². The maximum absolute atomic E-state index is 12.0. The fourth-order valence-electron chi connectivity index (χ4n) is 2.38. The predicted molar refractivity (Wildman–Crippen MR) is 71.5 cm³/mol. The Morgan fingerprint density at radius 2 is 2.12 bits per heavy atom. The second-order valence-corrected chi connectivity index (χ2v) is 6.91. The molecule has 0 spiro atoms. The first-order valence-electron chi connectivity index (χ1n) is 6.78. The molecule has 0 bridgehead atoms. The minimum absolute atomic E-state index is 0.291. The molecular formula is C12H26N2O2S. The van der Waals surface area contributed by atoms with E-state index in [1.165, 1.54) is 0 Å². The van der Waals surface area contributed by atoms with Crippen molar-refractivity contribution in [2.75, 3.05) is 31.9 Å². The van der Waals surface area contributed by atoms with Crippen molar-refractivity contribution in [2.45, 2.75) is 39.5 Å². The first-order chi connectivity index (χ1) is 8.10. The van der Waals surface area contributed by atoms with E-state index in [9.17, 15) is 8.42 Å². The third-order valence-corrected chi connectivity index (χ3v) is 5.27. The lowest BCUT2D eigenvalue weighted by Crippen LogP contribution is -2.32. The van der Waals surface area contributed by atoms with Crippen LogP contribution in [-0.4, -0.2) is 44.7 Å². The Morgan fingerprint density at radius 1 is 1.35 bits per heavy atom. The van der Waals surface area contributed by atoms with Crippen LogP contribution in [0, 0.1) is 5.92 Å². The normalized spacial score (nSPS) is 22.1. The molecule has 4 nitrogen and oxygen atoms in total. The molecule has 17 heavy (non-hydrogen) atoms. The molecule has 0 aromatic rings. The molecule has 1 N–H and O–H groups in total. The summed E-state index contributed by atoms with van der Waals surface area (Å²) in [6, 6.07) is 0. The highest BCUT2D eigenvalue weighted by atomic mass is 32.2. The molecule has 1 saturated heterocycles. The number of hydrogen-bond acceptors (Lipinski definition) is 3. The number of hydrogen-bond donors (Lipinski definition) is 1. The van der Waals surface area contributed by atoms with Gasteiger partial charge in [0.15, 0.2) is 0 Å². The summed E-state index contributed by atoms with van der Waals surface area (Å²) in [6.07, 6.45) is 4.06. The van der Waals surface area contributed by atoms with E-state index >= 15 is 0 Å². The smallest absolute Gasteiger partial charge is 0.214 e. The summed E-state index contributed by atoms with van der Waals surface area (Å²) in [5.74, 6) is 0.877. The molecule has 1 aliphatic rings. The quantitative estimate of drug-likeness (QED) is 0.673. The van der Waals surface area contributed by atoms with E-state index in [1.54, 1.807) is 4.31 Å². The molecule has 0 saturated carbocycles. The largest absolute Gasteiger partial charge is 0.317 e. The van der Waals surface area contributed by atoms with Gasteiger partial charge >= 0.3 is 0 Å². The third kappa shape index (κ3) is 4.94. The molecule has 102 valence electrons. The van der Waals surface area contributed by atoms with Crippen LogP contribution in [0.3, 0.4) is 0 Å². The standard InChI is InChI=1S/C12H26N2O2S/c1-3-6-12-7-9-14(11-12)17(15,16)10-5-8-13-4-2/h12-13H,3-11H2,1-2H3. The fraction of sp³-hybridized carbons (Fsp3) is 1.00. The van der Waals surface area contributed by atoms with Gasteiger partial charge in [-0.2, -0.15) is 0 Å². The van der Waals surface area contributed by atoms with Crippen molar-refractivity contribution in [3.63, 3.8) is 0 Å². The molecular weight excluding hydrogens is 236 g/mol. The molecule has 1 fully saturated rings. The number of nitrogens with one attached hydrogen (secondary N) is 1. The number of rotatable bonds is 8. The minimum atomic E-state index is -3.00. The lowest BCUT2D eigenvalue weighted by atomic mass is 10.0. The Balaban J connectivity index is 2.33. The van der Waals surface area contributed by atoms with Crippen molar-refractivity contribution >= 4 is 10.0 Å². The van der Waals surface area contributed by atoms with Gasteiger partial charge < -0.3 is 5.32 Å². The van der Waals surface area contributed by atoms with E-state index in [4.69, 9.17) is 0 Å². The summed E-state index contributed by atoms with van der Waals surface area (Å²) in [5, 5.41) is 3.16. The third-order valence-electron chi connectivity index (χ3n) is 3.34. The molecule has 1 rings (SSSR count). The van der Waals surface area contributed by atoms with Crippen molar-refractivity contribution in [3.8, 4) is 0 Å². The van der Waals surface area contributed by atoms with Crippen LogP contribution in [0.2, 0.25) is 0 Å². The summed E-state index contributed by atoms with van der Waals surface area (Å²) in [4.78, 5) is 0. The van der Waals surface area contributed by atoms with Crippen LogP contribution in [0.4, 0.5) is 0 Å². The zero-order valence-corrected chi connectivity index (χ0v) is 11.9. The maximum atomic E-state index is 12.0. The Labute approximate surface area is 106 Å². The molecule has 0 amide bonds. The monoisotopic (exact) mass is 262 g/mol. The van der Waals surface area contributed by atoms with Gasteiger partial charge in [-0.1, -0.05) is 20.3 Å². The zero-order chi connectivity index (χ0) is 12.7. The van der Waals surface area contributed by atoms with E-state index in [0.717, 1.165) is 45.4 Å². The molecule has 1 aliphatic heterocycles. The van der Waals surface area contributed by atoms with E-state index in [2.05, 4.69) is 12.2 Å². The van der Waals surface area contributed by atoms with Crippen LogP contribution < -0.4 is 5.32 Å². The van der Waals surface area contributed by atoms with Crippen LogP contribution in [0.25, 0.3) is 0 Å². The van der Waals surface area contributed by atoms with Crippen LogP contribution in [-0.2, 0) is 10.0 Å². The first kappa shape index (κ1) is 14.9. The van der Waals surface area contributed by atoms with E-state index in [1.807, 2.05) is 6.92 Å². The summed E-state index contributed by atoms with van der Waals surface area (Å²) < 4.78 is 25.8. The Morgan fingerprint density at radius 3 is 2.76 bits per heavy atom. The van der Waals surface area contributed by atoms with Crippen LogP contribution >= 0.6 is 0 Å². The molecule has 0 aromatic heterocycles. The topological polar surface area (TPSA) is 49.4 Å². The van der Waals surface area contributed by atoms with Crippen LogP contribution in [0.15, 0.2) is 0 Å². The zero-order valence-electron chi connectivity index (χ0n) is 11.1. The van der Waals surface area contributed by atoms with Gasteiger partial charge in [-0.3, -0.25) is 0 Å². The minimum Gasteiger partial charge on any atom is -0.317 e. The van der Waals surface area contributed by atoms with Crippen molar-refractivity contribution in [1.82, 2.24) is 9.62 Å². The van der Waals surface area contributed by atoms with Gasteiger partial charge in [0, 0.05) is 13.1 Å². The second kappa shape index (κ2) is 7.34. The van der Waals surface area contributed by atoms with Crippen molar-refractivity contribution < 1.29 is 8.42 Å². The summed E-state index contributed by atoms with van der Waals surface area (Å²) in [5.41, 5.74) is 0. The Bertz CT molecular complexity index is 304. The lowest BCUT2D eigenvalue weighted by molar-refractivity contribution is 0.443. The highest BCUT2D eigenvalue weighted by Crippen LogP contribution is 2.23. The van der Waals surface area contributed by atoms with E-state index in [0.29, 0.717) is 18.1 Å². The van der Waals surface area contributed by atoms with E-state index in [-0.39, 0.29) is 0 Å². The first-order valence-corrected chi connectivity index (χ1v) is 8.39. The van der Waals surface area contributed by atoms with Gasteiger partial charge in [0.2, 0.25) is 10.0 Å². The summed E-state index contributed by atoms with van der Waals surface area (Å²) in [7, 11) is -3.00. The summed E-state index contributed by atoms with van der Waals surface area (Å²) >= 11 is 0.